The van der Waals surface area contributed by atoms with Crippen LogP contribution < -0.4 is 0 Å². The lowest BCUT2D eigenvalue weighted by Crippen LogP contribution is -1.95. The van der Waals surface area contributed by atoms with Crippen LogP contribution in [0.4, 0.5) is 0 Å². The molecule has 0 radical (unpaired) electrons. The van der Waals surface area contributed by atoms with E-state index in [-0.39, 0.29) is 5.75 Å². The first-order chi connectivity index (χ1) is 10.3. The molecule has 0 unspecified atom stereocenters. The minimum absolute atomic E-state index is 0.220. The summed E-state index contributed by atoms with van der Waals surface area (Å²) in [6.07, 6.45) is 8.50. The molecule has 0 saturated heterocycles. The molecule has 0 aliphatic carbocycles. The molecule has 5 nitrogen and oxygen atoms in total. The molecule has 0 saturated carbocycles. The Labute approximate surface area is 122 Å². The number of para-hydroxylation sites is 1. The number of benzene rings is 1. The van der Waals surface area contributed by atoms with Crippen molar-refractivity contribution in [2.75, 3.05) is 0 Å². The van der Waals surface area contributed by atoms with Gasteiger partial charge in [-0.1, -0.05) is 17.3 Å². The fourth-order valence-corrected chi connectivity index (χ4v) is 2.26. The van der Waals surface area contributed by atoms with E-state index in [4.69, 9.17) is 4.52 Å². The lowest BCUT2D eigenvalue weighted by Gasteiger charge is -2.00. The summed E-state index contributed by atoms with van der Waals surface area (Å²) >= 11 is 0. The van der Waals surface area contributed by atoms with Gasteiger partial charge in [-0.15, -0.1) is 0 Å². The topological polar surface area (TPSA) is 64.1 Å². The monoisotopic (exact) mass is 283 g/mol. The number of phenols is 1. The van der Waals surface area contributed by atoms with E-state index in [0.717, 1.165) is 31.6 Å². The van der Waals surface area contributed by atoms with Crippen molar-refractivity contribution >= 4 is 0 Å². The van der Waals surface area contributed by atoms with Crippen molar-refractivity contribution in [3.63, 3.8) is 0 Å². The lowest BCUT2D eigenvalue weighted by molar-refractivity contribution is 0.379. The maximum absolute atomic E-state index is 9.80. The van der Waals surface area contributed by atoms with Gasteiger partial charge in [-0.05, 0) is 25.0 Å². The second kappa shape index (κ2) is 6.26. The summed E-state index contributed by atoms with van der Waals surface area (Å²) in [6, 6.07) is 9.03. The first-order valence-electron chi connectivity index (χ1n) is 7.02. The van der Waals surface area contributed by atoms with Gasteiger partial charge >= 0.3 is 0 Å². The van der Waals surface area contributed by atoms with Crippen LogP contribution in [0.3, 0.4) is 0 Å². The predicted octanol–water partition coefficient (Wildman–Crippen LogP) is 3.27. The summed E-state index contributed by atoms with van der Waals surface area (Å²) in [4.78, 5) is 4.01. The minimum atomic E-state index is 0.220. The van der Waals surface area contributed by atoms with E-state index >= 15 is 0 Å². The summed E-state index contributed by atoms with van der Waals surface area (Å²) in [6.45, 7) is 0.959. The van der Waals surface area contributed by atoms with Gasteiger partial charge in [-0.2, -0.15) is 0 Å². The zero-order valence-corrected chi connectivity index (χ0v) is 11.6. The third kappa shape index (κ3) is 3.31. The number of nitrogens with zero attached hydrogens (tertiary/aromatic N) is 3. The summed E-state index contributed by atoms with van der Waals surface area (Å²) in [5.74, 6) is 1.07. The number of unbranched alkanes of at least 4 members (excludes halogenated alkanes) is 1. The fourth-order valence-electron chi connectivity index (χ4n) is 2.26. The number of phenolic OH excluding ortho intramolecular Hbond substituents is 1. The van der Waals surface area contributed by atoms with Crippen LogP contribution in [-0.2, 0) is 13.0 Å². The van der Waals surface area contributed by atoms with E-state index in [9.17, 15) is 5.11 Å². The van der Waals surface area contributed by atoms with E-state index in [2.05, 4.69) is 14.7 Å². The van der Waals surface area contributed by atoms with E-state index in [1.807, 2.05) is 30.7 Å². The van der Waals surface area contributed by atoms with Gasteiger partial charge in [0.05, 0.1) is 6.33 Å². The normalized spacial score (nSPS) is 10.9. The van der Waals surface area contributed by atoms with Crippen LogP contribution in [0.2, 0.25) is 0 Å². The predicted molar refractivity (Wildman–Crippen MR) is 78.8 cm³/mol. The van der Waals surface area contributed by atoms with Crippen molar-refractivity contribution < 1.29 is 9.63 Å². The van der Waals surface area contributed by atoms with Gasteiger partial charge in [-0.3, -0.25) is 0 Å². The SMILES string of the molecule is Oc1ccccc1-c1cc(CCCCn2ccnc2)on1. The zero-order chi connectivity index (χ0) is 14.5. The van der Waals surface area contributed by atoms with Crippen LogP contribution in [0, 0.1) is 0 Å². The van der Waals surface area contributed by atoms with Crippen LogP contribution in [0.25, 0.3) is 11.3 Å². The van der Waals surface area contributed by atoms with Gasteiger partial charge in [0.25, 0.3) is 0 Å². The molecule has 1 N–H and O–H groups in total. The van der Waals surface area contributed by atoms with E-state index in [1.165, 1.54) is 0 Å². The molecule has 21 heavy (non-hydrogen) atoms. The van der Waals surface area contributed by atoms with Gasteiger partial charge in [0.2, 0.25) is 0 Å². The van der Waals surface area contributed by atoms with Gasteiger partial charge < -0.3 is 14.2 Å². The largest absolute Gasteiger partial charge is 0.507 e. The third-order valence-corrected chi connectivity index (χ3v) is 3.39. The molecule has 0 atom stereocenters. The van der Waals surface area contributed by atoms with Gasteiger partial charge in [0.1, 0.15) is 17.2 Å². The van der Waals surface area contributed by atoms with Crippen molar-refractivity contribution in [3.8, 4) is 17.0 Å². The molecule has 1 aromatic carbocycles. The highest BCUT2D eigenvalue weighted by Crippen LogP contribution is 2.28. The maximum atomic E-state index is 9.80. The highest BCUT2D eigenvalue weighted by molar-refractivity contribution is 5.66. The second-order valence-corrected chi connectivity index (χ2v) is 4.95. The first kappa shape index (κ1) is 13.4. The Morgan fingerprint density at radius 3 is 2.90 bits per heavy atom. The number of aromatic hydroxyl groups is 1. The van der Waals surface area contributed by atoms with Gasteiger partial charge in [-0.25, -0.2) is 4.98 Å². The summed E-state index contributed by atoms with van der Waals surface area (Å²) < 4.78 is 7.39. The van der Waals surface area contributed by atoms with Crippen LogP contribution in [-0.4, -0.2) is 19.8 Å². The fraction of sp³-hybridized carbons (Fsp3) is 0.250. The Morgan fingerprint density at radius 2 is 2.10 bits per heavy atom. The Hall–Kier alpha value is -2.56. The van der Waals surface area contributed by atoms with Gasteiger partial charge in [0, 0.05) is 37.0 Å². The Balaban J connectivity index is 1.55. The zero-order valence-electron chi connectivity index (χ0n) is 11.6. The molecular formula is C16H17N3O2. The molecule has 2 aromatic heterocycles. The molecular weight excluding hydrogens is 266 g/mol. The molecule has 0 spiro atoms. The first-order valence-corrected chi connectivity index (χ1v) is 7.02. The number of aromatic nitrogens is 3. The molecule has 0 amide bonds. The number of rotatable bonds is 6. The second-order valence-electron chi connectivity index (χ2n) is 4.95. The Bertz CT molecular complexity index is 689. The van der Waals surface area contributed by atoms with E-state index in [1.54, 1.807) is 18.3 Å². The molecule has 0 aliphatic rings. The quantitative estimate of drug-likeness (QED) is 0.705. The van der Waals surface area contributed by atoms with E-state index in [0.29, 0.717) is 11.3 Å². The minimum Gasteiger partial charge on any atom is -0.507 e. The summed E-state index contributed by atoms with van der Waals surface area (Å²) in [7, 11) is 0. The summed E-state index contributed by atoms with van der Waals surface area (Å²) in [5.41, 5.74) is 1.38. The third-order valence-electron chi connectivity index (χ3n) is 3.39. The van der Waals surface area contributed by atoms with Crippen molar-refractivity contribution in [1.82, 2.24) is 14.7 Å². The number of imidazole rings is 1. The highest BCUT2D eigenvalue weighted by atomic mass is 16.5. The van der Waals surface area contributed by atoms with Crippen LogP contribution >= 0.6 is 0 Å². The van der Waals surface area contributed by atoms with Crippen molar-refractivity contribution in [2.24, 2.45) is 0 Å². The molecule has 3 rings (SSSR count). The van der Waals surface area contributed by atoms with Crippen LogP contribution in [0.15, 0.2) is 53.6 Å². The van der Waals surface area contributed by atoms with Crippen molar-refractivity contribution in [3.05, 3.63) is 54.8 Å². The molecule has 108 valence electrons. The maximum Gasteiger partial charge on any atom is 0.137 e. The van der Waals surface area contributed by atoms with Crippen LogP contribution in [0.5, 0.6) is 5.75 Å². The average molecular weight is 283 g/mol. The number of hydrogen-bond donors (Lipinski definition) is 1. The Kier molecular flexibility index (Phi) is 4.00. The molecule has 0 aliphatic heterocycles. The molecule has 0 fully saturated rings. The smallest absolute Gasteiger partial charge is 0.137 e. The lowest BCUT2D eigenvalue weighted by atomic mass is 10.1. The standard InChI is InChI=1S/C16H17N3O2/c20-16-7-2-1-6-14(16)15-11-13(21-18-15)5-3-4-9-19-10-8-17-12-19/h1-2,6-8,10-12,20H,3-5,9H2. The number of aryl methyl sites for hydroxylation is 2. The van der Waals surface area contributed by atoms with Crippen molar-refractivity contribution in [1.29, 1.82) is 0 Å². The number of hydrogen-bond acceptors (Lipinski definition) is 4. The molecule has 3 aromatic rings. The molecule has 2 heterocycles. The summed E-state index contributed by atoms with van der Waals surface area (Å²) in [5, 5.41) is 13.8. The van der Waals surface area contributed by atoms with Crippen molar-refractivity contribution in [2.45, 2.75) is 25.8 Å². The highest BCUT2D eigenvalue weighted by Gasteiger charge is 2.09. The average Bonchev–Trinajstić information content (AvgIpc) is 3.16. The molecule has 5 heteroatoms. The Morgan fingerprint density at radius 1 is 1.19 bits per heavy atom. The van der Waals surface area contributed by atoms with Crippen LogP contribution in [0.1, 0.15) is 18.6 Å². The van der Waals surface area contributed by atoms with E-state index < -0.39 is 0 Å². The van der Waals surface area contributed by atoms with Gasteiger partial charge in [0.15, 0.2) is 0 Å². The molecule has 0 bridgehead atoms.